The van der Waals surface area contributed by atoms with Crippen LogP contribution in [0.15, 0.2) is 0 Å². The Bertz CT molecular complexity index is 238. The van der Waals surface area contributed by atoms with Crippen LogP contribution >= 0.6 is 15.9 Å². The summed E-state index contributed by atoms with van der Waals surface area (Å²) in [5.41, 5.74) is -0.0906. The lowest BCUT2D eigenvalue weighted by molar-refractivity contribution is -0.130. The van der Waals surface area contributed by atoms with Gasteiger partial charge in [-0.25, -0.2) is 0 Å². The summed E-state index contributed by atoms with van der Waals surface area (Å²) in [6.07, 6.45) is 3.12. The minimum atomic E-state index is -0.0906. The number of halogens is 1. The molecule has 14 heavy (non-hydrogen) atoms. The molecule has 0 aromatic heterocycles. The smallest absolute Gasteiger partial charge is 0.236 e. The van der Waals surface area contributed by atoms with Crippen molar-refractivity contribution in [1.82, 2.24) is 4.90 Å². The quantitative estimate of drug-likeness (QED) is 0.707. The van der Waals surface area contributed by atoms with Crippen molar-refractivity contribution in [2.45, 2.75) is 36.6 Å². The summed E-state index contributed by atoms with van der Waals surface area (Å²) in [5, 5.41) is 0. The van der Waals surface area contributed by atoms with Crippen LogP contribution in [0.25, 0.3) is 0 Å². The number of nitrogens with zero attached hydrogens (tertiary/aromatic N) is 1. The predicted molar refractivity (Wildman–Crippen MR) is 57.5 cm³/mol. The largest absolute Gasteiger partial charge is 0.373 e. The summed E-state index contributed by atoms with van der Waals surface area (Å²) in [4.78, 5) is 13.6. The fourth-order valence-corrected chi connectivity index (χ4v) is 2.72. The number of carbonyl (C=O) groups excluding carboxylic acids is 1. The first-order chi connectivity index (χ1) is 6.61. The molecule has 2 aliphatic rings. The van der Waals surface area contributed by atoms with Gasteiger partial charge in [0.2, 0.25) is 5.91 Å². The first kappa shape index (κ1) is 10.4. The molecule has 0 spiro atoms. The van der Waals surface area contributed by atoms with Gasteiger partial charge in [0, 0.05) is 19.7 Å². The summed E-state index contributed by atoms with van der Waals surface area (Å²) >= 11 is 3.38. The number of ether oxygens (including phenoxy) is 1. The van der Waals surface area contributed by atoms with Gasteiger partial charge >= 0.3 is 0 Å². The van der Waals surface area contributed by atoms with E-state index < -0.39 is 0 Å². The highest BCUT2D eigenvalue weighted by atomic mass is 79.9. The van der Waals surface area contributed by atoms with Crippen LogP contribution in [0.2, 0.25) is 0 Å². The Morgan fingerprint density at radius 1 is 1.71 bits per heavy atom. The number of alkyl halides is 1. The molecule has 2 heterocycles. The second kappa shape index (κ2) is 3.81. The molecule has 0 aliphatic carbocycles. The van der Waals surface area contributed by atoms with E-state index in [9.17, 15) is 4.79 Å². The molecule has 2 aliphatic heterocycles. The first-order valence-electron chi connectivity index (χ1n) is 5.18. The van der Waals surface area contributed by atoms with Crippen LogP contribution < -0.4 is 0 Å². The van der Waals surface area contributed by atoms with Gasteiger partial charge in [0.1, 0.15) is 0 Å². The lowest BCUT2D eigenvalue weighted by atomic mass is 10.0. The molecule has 0 bridgehead atoms. The van der Waals surface area contributed by atoms with Gasteiger partial charge in [-0.2, -0.15) is 0 Å². The molecule has 3 nitrogen and oxygen atoms in total. The van der Waals surface area contributed by atoms with Gasteiger partial charge in [-0.3, -0.25) is 4.79 Å². The summed E-state index contributed by atoms with van der Waals surface area (Å²) in [7, 11) is 0. The van der Waals surface area contributed by atoms with Gasteiger partial charge in [-0.05, 0) is 26.2 Å². The van der Waals surface area contributed by atoms with E-state index in [2.05, 4.69) is 22.9 Å². The van der Waals surface area contributed by atoms with Crippen LogP contribution in [0.5, 0.6) is 0 Å². The second-order valence-electron chi connectivity index (χ2n) is 4.42. The van der Waals surface area contributed by atoms with E-state index in [0.717, 1.165) is 39.0 Å². The number of rotatable bonds is 2. The van der Waals surface area contributed by atoms with Crippen LogP contribution in [0.1, 0.15) is 26.2 Å². The minimum absolute atomic E-state index is 0.0347. The Labute approximate surface area is 92.9 Å². The van der Waals surface area contributed by atoms with Crippen molar-refractivity contribution in [2.24, 2.45) is 0 Å². The third-order valence-electron chi connectivity index (χ3n) is 3.06. The van der Waals surface area contributed by atoms with Crippen molar-refractivity contribution >= 4 is 21.8 Å². The SMILES string of the molecule is CC1(CN2CCC(Br)C2=O)CCCO1. The van der Waals surface area contributed by atoms with Crippen molar-refractivity contribution in [3.05, 3.63) is 0 Å². The third-order valence-corrected chi connectivity index (χ3v) is 3.91. The second-order valence-corrected chi connectivity index (χ2v) is 5.52. The maximum atomic E-state index is 11.7. The maximum absolute atomic E-state index is 11.7. The number of hydrogen-bond donors (Lipinski definition) is 0. The highest BCUT2D eigenvalue weighted by molar-refractivity contribution is 9.10. The lowest BCUT2D eigenvalue weighted by Crippen LogP contribution is -2.41. The van der Waals surface area contributed by atoms with Crippen molar-refractivity contribution in [1.29, 1.82) is 0 Å². The summed E-state index contributed by atoms with van der Waals surface area (Å²) in [5.74, 6) is 0.224. The van der Waals surface area contributed by atoms with Crippen LogP contribution in [0, 0.1) is 0 Å². The van der Waals surface area contributed by atoms with Gasteiger partial charge in [0.25, 0.3) is 0 Å². The summed E-state index contributed by atoms with van der Waals surface area (Å²) in [6.45, 7) is 4.58. The molecule has 2 rings (SSSR count). The molecule has 2 saturated heterocycles. The zero-order valence-corrected chi connectivity index (χ0v) is 10.0. The summed E-state index contributed by atoms with van der Waals surface area (Å²) in [6, 6.07) is 0. The molecule has 80 valence electrons. The minimum Gasteiger partial charge on any atom is -0.373 e. The van der Waals surface area contributed by atoms with Gasteiger partial charge in [0.15, 0.2) is 0 Å². The lowest BCUT2D eigenvalue weighted by Gasteiger charge is -2.29. The molecular weight excluding hydrogens is 246 g/mol. The molecule has 0 radical (unpaired) electrons. The molecule has 2 fully saturated rings. The Morgan fingerprint density at radius 3 is 3.00 bits per heavy atom. The number of hydrogen-bond acceptors (Lipinski definition) is 2. The average molecular weight is 262 g/mol. The zero-order chi connectivity index (χ0) is 10.2. The normalized spacial score (nSPS) is 38.3. The molecule has 0 N–H and O–H groups in total. The number of carbonyl (C=O) groups is 1. The third kappa shape index (κ3) is 1.96. The van der Waals surface area contributed by atoms with E-state index >= 15 is 0 Å². The molecule has 0 saturated carbocycles. The Hall–Kier alpha value is -0.0900. The standard InChI is InChI=1S/C10H16BrNO2/c1-10(4-2-6-14-10)7-12-5-3-8(11)9(12)13/h8H,2-7H2,1H3. The van der Waals surface area contributed by atoms with E-state index in [1.165, 1.54) is 0 Å². The van der Waals surface area contributed by atoms with Crippen molar-refractivity contribution in [3.63, 3.8) is 0 Å². The Balaban J connectivity index is 1.94. The maximum Gasteiger partial charge on any atom is 0.236 e. The molecular formula is C10H16BrNO2. The number of likely N-dealkylation sites (tertiary alicyclic amines) is 1. The molecule has 0 aromatic rings. The average Bonchev–Trinajstić information content (AvgIpc) is 2.68. The molecule has 2 unspecified atom stereocenters. The molecule has 4 heteroatoms. The highest BCUT2D eigenvalue weighted by Gasteiger charge is 2.37. The van der Waals surface area contributed by atoms with Crippen molar-refractivity contribution < 1.29 is 9.53 Å². The molecule has 1 amide bonds. The van der Waals surface area contributed by atoms with Gasteiger partial charge in [0.05, 0.1) is 10.4 Å². The Morgan fingerprint density at radius 2 is 2.50 bits per heavy atom. The van der Waals surface area contributed by atoms with E-state index in [4.69, 9.17) is 4.74 Å². The highest BCUT2D eigenvalue weighted by Crippen LogP contribution is 2.28. The monoisotopic (exact) mass is 261 g/mol. The van der Waals surface area contributed by atoms with Crippen molar-refractivity contribution in [3.8, 4) is 0 Å². The van der Waals surface area contributed by atoms with E-state index in [0.29, 0.717) is 0 Å². The van der Waals surface area contributed by atoms with Crippen LogP contribution in [0.3, 0.4) is 0 Å². The van der Waals surface area contributed by atoms with Gasteiger partial charge in [-0.1, -0.05) is 15.9 Å². The fourth-order valence-electron chi connectivity index (χ4n) is 2.22. The van der Waals surface area contributed by atoms with Gasteiger partial charge < -0.3 is 9.64 Å². The Kier molecular flexibility index (Phi) is 2.84. The molecule has 2 atom stereocenters. The first-order valence-corrected chi connectivity index (χ1v) is 6.09. The van der Waals surface area contributed by atoms with E-state index in [-0.39, 0.29) is 16.3 Å². The van der Waals surface area contributed by atoms with E-state index in [1.807, 2.05) is 4.90 Å². The van der Waals surface area contributed by atoms with Crippen LogP contribution in [-0.4, -0.2) is 40.9 Å². The number of amides is 1. The predicted octanol–water partition coefficient (Wildman–Crippen LogP) is 1.55. The summed E-state index contributed by atoms with van der Waals surface area (Å²) < 4.78 is 5.68. The van der Waals surface area contributed by atoms with Crippen LogP contribution in [-0.2, 0) is 9.53 Å². The topological polar surface area (TPSA) is 29.5 Å². The van der Waals surface area contributed by atoms with Gasteiger partial charge in [-0.15, -0.1) is 0 Å². The van der Waals surface area contributed by atoms with Crippen molar-refractivity contribution in [2.75, 3.05) is 19.7 Å². The fraction of sp³-hybridized carbons (Fsp3) is 0.900. The van der Waals surface area contributed by atoms with E-state index in [1.54, 1.807) is 0 Å². The zero-order valence-electron chi connectivity index (χ0n) is 8.46. The van der Waals surface area contributed by atoms with Crippen LogP contribution in [0.4, 0.5) is 0 Å². The molecule has 0 aromatic carbocycles.